The molecule has 11 aromatic carbocycles. The van der Waals surface area contributed by atoms with Crippen LogP contribution >= 0.6 is 0 Å². The number of sulfone groups is 1. The molecule has 3 aliphatic rings. The van der Waals surface area contributed by atoms with Crippen LogP contribution in [0.5, 0.6) is 0 Å². The van der Waals surface area contributed by atoms with Crippen LogP contribution in [0.2, 0.25) is 72.0 Å². The van der Waals surface area contributed by atoms with Gasteiger partial charge in [-0.25, -0.2) is 8.42 Å². The van der Waals surface area contributed by atoms with Gasteiger partial charge in [0.05, 0.1) is 37.2 Å². The molecule has 17 heteroatoms. The van der Waals surface area contributed by atoms with E-state index in [0.29, 0.717) is 9.79 Å². The molecule has 0 spiro atoms. The second kappa shape index (κ2) is 41.2. The molecule has 3 radical (unpaired) electrons. The molecule has 0 atom stereocenters. The van der Waals surface area contributed by atoms with Crippen LogP contribution in [0.15, 0.2) is 362 Å². The van der Waals surface area contributed by atoms with Crippen molar-refractivity contribution in [3.8, 4) is 101 Å². The van der Waals surface area contributed by atoms with Gasteiger partial charge in [0.25, 0.3) is 0 Å². The molecule has 6 aromatic heterocycles. The quantitative estimate of drug-likeness (QED) is 0.0930. The van der Waals surface area contributed by atoms with E-state index in [0.717, 1.165) is 78.7 Å². The maximum Gasteiger partial charge on any atom is 0.173 e. The maximum atomic E-state index is 12.6. The summed E-state index contributed by atoms with van der Waals surface area (Å²) in [5, 5.41) is 12.8. The molecule has 0 saturated carbocycles. The van der Waals surface area contributed by atoms with Crippen LogP contribution in [0.3, 0.4) is 0 Å². The molecule has 0 aliphatic carbocycles. The van der Waals surface area contributed by atoms with E-state index in [1.165, 1.54) is 85.6 Å². The van der Waals surface area contributed by atoms with Crippen LogP contribution in [0, 0.1) is 57.2 Å². The van der Waals surface area contributed by atoms with Crippen molar-refractivity contribution in [1.82, 2.24) is 29.9 Å². The van der Waals surface area contributed by atoms with Crippen molar-refractivity contribution in [1.29, 1.82) is 0 Å². The third-order valence-corrected chi connectivity index (χ3v) is 39.3. The molecular weight excluding hydrogens is 2190 g/mol. The second-order valence-corrected chi connectivity index (χ2v) is 60.4. The molecule has 17 aromatic rings. The Morgan fingerprint density at radius 1 is 0.268 bits per heavy atom. The normalized spacial score (nSPS) is 12.7. The second-order valence-electron chi connectivity index (χ2n) is 35.2. The number of nitrogens with zero attached hydrogens (tertiary/aromatic N) is 6. The Balaban J connectivity index is 0.000000144. The Morgan fingerprint density at radius 3 is 0.953 bits per heavy atom. The Kier molecular flexibility index (Phi) is 30.9. The fraction of sp³-hybridized carbons (Fsp3) is 0.127. The number of aryl methyl sites for hydroxylation is 3. The third kappa shape index (κ3) is 21.4. The molecule has 0 N–H and O–H groups in total. The van der Waals surface area contributed by atoms with Gasteiger partial charge in [-0.15, -0.1) is 189 Å². The van der Waals surface area contributed by atoms with Crippen molar-refractivity contribution in [2.75, 3.05) is 0 Å². The van der Waals surface area contributed by atoms with Gasteiger partial charge in [0.2, 0.25) is 0 Å². The van der Waals surface area contributed by atoms with Crippen LogP contribution in [0.1, 0.15) is 16.7 Å². The van der Waals surface area contributed by atoms with Crippen molar-refractivity contribution in [2.24, 2.45) is 0 Å². The number of hydrogen-bond donors (Lipinski definition) is 0. The van der Waals surface area contributed by atoms with Crippen LogP contribution in [0.25, 0.3) is 101 Å². The number of rotatable bonds is 11. The van der Waals surface area contributed by atoms with E-state index in [9.17, 15) is 8.42 Å². The van der Waals surface area contributed by atoms with Crippen molar-refractivity contribution >= 4 is 96.9 Å². The Morgan fingerprint density at radius 2 is 0.583 bits per heavy atom. The zero-order chi connectivity index (χ0) is 87.0. The minimum atomic E-state index is -3.44. The number of aromatic nitrogens is 6. The average molecular weight is 2290 g/mol. The first-order chi connectivity index (χ1) is 59.6. The molecule has 0 saturated heterocycles. The average Bonchev–Trinajstić information content (AvgIpc) is 1.54. The summed E-state index contributed by atoms with van der Waals surface area (Å²) in [5.41, 5.74) is 22.4. The molecule has 3 aliphatic heterocycles. The summed E-state index contributed by atoms with van der Waals surface area (Å²) in [7, 11) is -11.5. The monoisotopic (exact) mass is 2290 g/mol. The van der Waals surface area contributed by atoms with E-state index in [1.54, 1.807) is 18.2 Å². The van der Waals surface area contributed by atoms with Crippen molar-refractivity contribution < 1.29 is 68.7 Å². The Hall–Kier alpha value is -10.7. The minimum absolute atomic E-state index is 0. The van der Waals surface area contributed by atoms with E-state index in [4.69, 9.17) is 9.97 Å². The molecular formula is C110H100Ir3N6O2SSi5-6. The molecule has 9 heterocycles. The van der Waals surface area contributed by atoms with Gasteiger partial charge in [0.15, 0.2) is 9.84 Å². The molecule has 641 valence electrons. The number of benzene rings is 11. The van der Waals surface area contributed by atoms with E-state index in [2.05, 4.69) is 323 Å². The largest absolute Gasteiger partial charge is 0.305 e. The summed E-state index contributed by atoms with van der Waals surface area (Å²) in [4.78, 5) is 27.9. The van der Waals surface area contributed by atoms with Crippen molar-refractivity contribution in [2.45, 2.75) is 103 Å². The number of fused-ring (bicyclic) bond motifs is 9. The summed E-state index contributed by atoms with van der Waals surface area (Å²) in [6.45, 7) is 32.0. The third-order valence-electron chi connectivity index (χ3n) is 23.0. The molecule has 0 amide bonds. The first-order valence-corrected chi connectivity index (χ1v) is 59.1. The van der Waals surface area contributed by atoms with Gasteiger partial charge in [-0.3, -0.25) is 0 Å². The standard InChI is InChI=1S/C32H28NSi2.C22H24NSi2.C20H18NO2SSi.3C12H10N.3Ir/c1-34(2,3)27-19-20-30(33-23-27)24-18-21-32-29(22-24)28-16-10-11-17-31(28)35(32,25-12-6-4-7-13-25)26-14-8-5-9-15-26;1-24(2,3)17-11-12-20(23-15-17)16-10-13-22-19(14-16)18-8-6-7-9-21(18)25(22,4)5;1-25(2,3)15-9-10-18(21-13-15)14-8-11-20-17(12-14)16-6-4-5-7-19(16)24(20,22)23;3*1-10-7-8-12(13-9-10)11-5-3-2-4-6-11;;;/h4-17,19-23H,1-3H3;6-9,11-15H,1-5H3;4-7,9-13H,1-3H3;3*2-5,7-9H,1H3;;;/q6*-1;;;. The van der Waals surface area contributed by atoms with Gasteiger partial charge < -0.3 is 29.9 Å². The molecule has 0 unspecified atom stereocenters. The molecule has 0 bridgehead atoms. The SMILES string of the molecule is C[Si](C)(C)c1ccc(-c2[c-]cc3c(c2)-c2ccccc2S3(=O)=O)nc1.C[Si](C)(C)c1ccc(-c2[c-]cc3c(c2)-c2ccccc2[Si]3(C)C)nc1.C[Si](C)(C)c1ccc(-c2[c-]cc3c(c2)-c2ccccc2[Si]3(c2ccccc2)c2ccccc2)nc1.Cc1ccc(-c2[c-]cccc2)nc1.Cc1ccc(-c2[c-]cccc2)nc1.Cc1ccc(-c2[c-]cccc2)nc1.[Ir].[Ir].[Ir]. The number of pyridine rings is 6. The van der Waals surface area contributed by atoms with Crippen molar-refractivity contribution in [3.05, 3.63) is 406 Å². The van der Waals surface area contributed by atoms with Gasteiger partial charge in [-0.05, 0) is 120 Å². The predicted octanol–water partition coefficient (Wildman–Crippen LogP) is 20.8. The van der Waals surface area contributed by atoms with Gasteiger partial charge >= 0.3 is 0 Å². The van der Waals surface area contributed by atoms with Crippen LogP contribution < -0.4 is 46.7 Å². The van der Waals surface area contributed by atoms with Crippen molar-refractivity contribution in [3.63, 3.8) is 0 Å². The fourth-order valence-corrected chi connectivity index (χ4v) is 28.8. The van der Waals surface area contributed by atoms with Gasteiger partial charge in [0.1, 0.15) is 8.07 Å². The van der Waals surface area contributed by atoms with E-state index in [-0.39, 0.29) is 60.3 Å². The first-order valence-electron chi connectivity index (χ1n) is 42.1. The fourth-order valence-electron chi connectivity index (χ4n) is 15.9. The predicted molar refractivity (Wildman–Crippen MR) is 530 cm³/mol. The molecule has 8 nitrogen and oxygen atoms in total. The molecule has 127 heavy (non-hydrogen) atoms. The van der Waals surface area contributed by atoms with Crippen LogP contribution in [-0.2, 0) is 70.2 Å². The number of hydrogen-bond acceptors (Lipinski definition) is 8. The minimum Gasteiger partial charge on any atom is -0.305 e. The molecule has 20 rings (SSSR count). The van der Waals surface area contributed by atoms with E-state index < -0.39 is 50.2 Å². The Bertz CT molecular complexity index is 6460. The summed E-state index contributed by atoms with van der Waals surface area (Å²) in [5.74, 6) is 0. The topological polar surface area (TPSA) is 111 Å². The van der Waals surface area contributed by atoms with Gasteiger partial charge in [-0.1, -0.05) is 304 Å². The van der Waals surface area contributed by atoms with Gasteiger partial charge in [0, 0.05) is 97.5 Å². The summed E-state index contributed by atoms with van der Waals surface area (Å²) in [6.07, 6.45) is 11.7. The first kappa shape index (κ1) is 95.4. The van der Waals surface area contributed by atoms with E-state index >= 15 is 0 Å². The molecule has 0 fully saturated rings. The zero-order valence-electron chi connectivity index (χ0n) is 73.9. The van der Waals surface area contributed by atoms with Gasteiger partial charge in [-0.2, -0.15) is 0 Å². The smallest absolute Gasteiger partial charge is 0.173 e. The zero-order valence-corrected chi connectivity index (χ0v) is 86.9. The van der Waals surface area contributed by atoms with Crippen LogP contribution in [0.4, 0.5) is 0 Å². The summed E-state index contributed by atoms with van der Waals surface area (Å²) >= 11 is 0. The van der Waals surface area contributed by atoms with E-state index in [1.807, 2.05) is 161 Å². The summed E-state index contributed by atoms with van der Waals surface area (Å²) in [6, 6.07) is 128. The summed E-state index contributed by atoms with van der Waals surface area (Å²) < 4.78 is 25.3. The van der Waals surface area contributed by atoms with Crippen LogP contribution in [-0.4, -0.2) is 78.7 Å². The maximum absolute atomic E-state index is 12.6. The Labute approximate surface area is 797 Å².